The van der Waals surface area contributed by atoms with Crippen molar-refractivity contribution in [1.29, 1.82) is 0 Å². The molecule has 1 atom stereocenters. The van der Waals surface area contributed by atoms with E-state index in [0.29, 0.717) is 16.6 Å². The maximum atomic E-state index is 14.2. The van der Waals surface area contributed by atoms with Crippen LogP contribution in [0.2, 0.25) is 0 Å². The lowest BCUT2D eigenvalue weighted by molar-refractivity contribution is -0.0644. The topological polar surface area (TPSA) is 87.1 Å². The van der Waals surface area contributed by atoms with Crippen LogP contribution in [0.5, 0.6) is 11.8 Å². The van der Waals surface area contributed by atoms with Gasteiger partial charge in [0.05, 0.1) is 17.8 Å². The molecule has 0 saturated heterocycles. The molecule has 4 aromatic heterocycles. The van der Waals surface area contributed by atoms with E-state index in [-0.39, 0.29) is 41.7 Å². The third-order valence-electron chi connectivity index (χ3n) is 5.69. The van der Waals surface area contributed by atoms with Crippen molar-refractivity contribution in [3.63, 3.8) is 0 Å². The molecule has 0 bridgehead atoms. The molecule has 0 spiro atoms. The molecular formula is C22H19F4N5O3. The number of ether oxygens (including phenoxy) is 3. The number of aromatic amines is 1. The standard InChI is InChI=1S/C22H19F4N5O3/c1-22(32-2)9-31-20(33-10-22)14(16(30-31)17(23)24)15-13(11-5-3-7-27-18(11)29-15)12-6-4-8-28-19(12)34-21(25)26/h3-8,17,21H,9-10H2,1-2H3,(H,27,29)/t22-/m0/s1. The SMILES string of the molecule is CO[C@]1(C)COc2c(-c3[nH]c4ncccc4c3-c3cccnc3OC(F)F)c(C(F)F)nn2C1. The van der Waals surface area contributed by atoms with Crippen LogP contribution in [0.3, 0.4) is 0 Å². The van der Waals surface area contributed by atoms with E-state index in [1.807, 2.05) is 0 Å². The summed E-state index contributed by atoms with van der Waals surface area (Å²) in [4.78, 5) is 11.2. The van der Waals surface area contributed by atoms with E-state index in [2.05, 4.69) is 24.8 Å². The van der Waals surface area contributed by atoms with E-state index in [4.69, 9.17) is 9.47 Å². The first-order valence-corrected chi connectivity index (χ1v) is 10.3. The molecule has 178 valence electrons. The van der Waals surface area contributed by atoms with Crippen LogP contribution in [0.1, 0.15) is 19.0 Å². The maximum Gasteiger partial charge on any atom is 0.388 e. The minimum absolute atomic E-state index is 0.00741. The van der Waals surface area contributed by atoms with E-state index < -0.39 is 24.3 Å². The van der Waals surface area contributed by atoms with Gasteiger partial charge in [0.2, 0.25) is 11.8 Å². The Bertz CT molecular complexity index is 1360. The highest BCUT2D eigenvalue weighted by Gasteiger charge is 2.38. The third kappa shape index (κ3) is 3.63. The van der Waals surface area contributed by atoms with Crippen LogP contribution in [0.4, 0.5) is 17.6 Å². The van der Waals surface area contributed by atoms with Crippen molar-refractivity contribution in [3.05, 3.63) is 42.4 Å². The highest BCUT2D eigenvalue weighted by Crippen LogP contribution is 2.48. The number of fused-ring (bicyclic) bond motifs is 2. The number of hydrogen-bond donors (Lipinski definition) is 1. The number of halogens is 4. The van der Waals surface area contributed by atoms with E-state index in [9.17, 15) is 17.6 Å². The van der Waals surface area contributed by atoms with Crippen molar-refractivity contribution in [2.75, 3.05) is 13.7 Å². The summed E-state index contributed by atoms with van der Waals surface area (Å²) in [7, 11) is 1.50. The van der Waals surface area contributed by atoms with Gasteiger partial charge in [0.15, 0.2) is 0 Å². The predicted molar refractivity (Wildman–Crippen MR) is 113 cm³/mol. The molecule has 0 fully saturated rings. The molecule has 12 heteroatoms. The zero-order valence-electron chi connectivity index (χ0n) is 18.1. The van der Waals surface area contributed by atoms with Crippen molar-refractivity contribution in [2.45, 2.75) is 32.1 Å². The first-order valence-electron chi connectivity index (χ1n) is 10.3. The van der Waals surface area contributed by atoms with Gasteiger partial charge in [-0.05, 0) is 31.2 Å². The van der Waals surface area contributed by atoms with Crippen molar-refractivity contribution < 1.29 is 31.8 Å². The average Bonchev–Trinajstić information content (AvgIpc) is 3.37. The number of nitrogens with one attached hydrogen (secondary N) is 1. The summed E-state index contributed by atoms with van der Waals surface area (Å²) in [5.74, 6) is -0.242. The van der Waals surface area contributed by atoms with Gasteiger partial charge in [0.25, 0.3) is 6.43 Å². The van der Waals surface area contributed by atoms with Gasteiger partial charge in [-0.2, -0.15) is 13.9 Å². The summed E-state index contributed by atoms with van der Waals surface area (Å²) < 4.78 is 71.9. The molecule has 5 heterocycles. The molecule has 1 aliphatic rings. The fourth-order valence-corrected chi connectivity index (χ4v) is 4.06. The Hall–Kier alpha value is -3.67. The second-order valence-electron chi connectivity index (χ2n) is 7.98. The van der Waals surface area contributed by atoms with Crippen LogP contribution in [0.15, 0.2) is 36.7 Å². The van der Waals surface area contributed by atoms with Crippen LogP contribution in [0.25, 0.3) is 33.4 Å². The maximum absolute atomic E-state index is 14.2. The molecule has 34 heavy (non-hydrogen) atoms. The van der Waals surface area contributed by atoms with Crippen LogP contribution >= 0.6 is 0 Å². The van der Waals surface area contributed by atoms with E-state index in [0.717, 1.165) is 0 Å². The number of rotatable bonds is 6. The molecule has 0 unspecified atom stereocenters. The Balaban J connectivity index is 1.80. The molecule has 0 saturated carbocycles. The number of H-pyrrole nitrogens is 1. The fraction of sp³-hybridized carbons (Fsp3) is 0.318. The normalized spacial score (nSPS) is 17.9. The third-order valence-corrected chi connectivity index (χ3v) is 5.69. The zero-order valence-corrected chi connectivity index (χ0v) is 18.1. The van der Waals surface area contributed by atoms with Gasteiger partial charge in [0, 0.05) is 36.0 Å². The Labute approximate surface area is 190 Å². The quantitative estimate of drug-likeness (QED) is 0.401. The van der Waals surface area contributed by atoms with E-state index >= 15 is 0 Å². The van der Waals surface area contributed by atoms with E-state index in [1.165, 1.54) is 36.3 Å². The van der Waals surface area contributed by atoms with Gasteiger partial charge < -0.3 is 19.2 Å². The second-order valence-corrected chi connectivity index (χ2v) is 7.98. The minimum atomic E-state index is -3.13. The van der Waals surface area contributed by atoms with Crippen molar-refractivity contribution in [2.24, 2.45) is 0 Å². The van der Waals surface area contributed by atoms with E-state index in [1.54, 1.807) is 19.1 Å². The first-order chi connectivity index (χ1) is 16.3. The number of methoxy groups -OCH3 is 1. The number of hydrogen-bond acceptors (Lipinski definition) is 6. The predicted octanol–water partition coefficient (Wildman–Crippen LogP) is 4.82. The molecule has 0 radical (unpaired) electrons. The number of pyridine rings is 2. The molecule has 8 nitrogen and oxygen atoms in total. The molecule has 4 aromatic rings. The lowest BCUT2D eigenvalue weighted by Crippen LogP contribution is -2.43. The van der Waals surface area contributed by atoms with Crippen LogP contribution < -0.4 is 9.47 Å². The van der Waals surface area contributed by atoms with Gasteiger partial charge in [-0.25, -0.2) is 23.4 Å². The molecule has 0 aromatic carbocycles. The van der Waals surface area contributed by atoms with Crippen LogP contribution in [-0.4, -0.2) is 50.7 Å². The van der Waals surface area contributed by atoms with Gasteiger partial charge in [-0.3, -0.25) is 0 Å². The first kappa shape index (κ1) is 22.1. The molecule has 5 rings (SSSR count). The van der Waals surface area contributed by atoms with Gasteiger partial charge >= 0.3 is 6.61 Å². The second kappa shape index (κ2) is 8.28. The minimum Gasteiger partial charge on any atom is -0.474 e. The lowest BCUT2D eigenvalue weighted by atomic mass is 9.99. The largest absolute Gasteiger partial charge is 0.474 e. The summed E-state index contributed by atoms with van der Waals surface area (Å²) in [6.45, 7) is -1.07. The summed E-state index contributed by atoms with van der Waals surface area (Å²) >= 11 is 0. The van der Waals surface area contributed by atoms with Gasteiger partial charge in [-0.15, -0.1) is 0 Å². The summed E-state index contributed by atoms with van der Waals surface area (Å²) in [6.07, 6.45) is -0.119. The molecule has 1 aliphatic heterocycles. The van der Waals surface area contributed by atoms with Gasteiger partial charge in [0.1, 0.15) is 23.5 Å². The monoisotopic (exact) mass is 477 g/mol. The average molecular weight is 477 g/mol. The van der Waals surface area contributed by atoms with Crippen molar-refractivity contribution >= 4 is 11.0 Å². The summed E-state index contributed by atoms with van der Waals surface area (Å²) in [5.41, 5.74) is -0.253. The number of alkyl halides is 4. The van der Waals surface area contributed by atoms with Crippen molar-refractivity contribution in [1.82, 2.24) is 24.7 Å². The molecule has 1 N–H and O–H groups in total. The lowest BCUT2D eigenvalue weighted by Gasteiger charge is -2.32. The molecule has 0 amide bonds. The highest BCUT2D eigenvalue weighted by atomic mass is 19.3. The van der Waals surface area contributed by atoms with Crippen LogP contribution in [-0.2, 0) is 11.3 Å². The Morgan fingerprint density at radius 3 is 2.62 bits per heavy atom. The fourth-order valence-electron chi connectivity index (χ4n) is 4.06. The van der Waals surface area contributed by atoms with Crippen molar-refractivity contribution in [3.8, 4) is 34.1 Å². The summed E-state index contributed by atoms with van der Waals surface area (Å²) in [6, 6.07) is 6.40. The number of nitrogens with zero attached hydrogens (tertiary/aromatic N) is 4. The van der Waals surface area contributed by atoms with Gasteiger partial charge in [-0.1, -0.05) is 0 Å². The zero-order chi connectivity index (χ0) is 24.0. The Kier molecular flexibility index (Phi) is 5.39. The van der Waals surface area contributed by atoms with Crippen LogP contribution in [0, 0.1) is 0 Å². The smallest absolute Gasteiger partial charge is 0.388 e. The highest BCUT2D eigenvalue weighted by molar-refractivity contribution is 6.04. The Morgan fingerprint density at radius 2 is 1.88 bits per heavy atom. The molecular weight excluding hydrogens is 458 g/mol. The Morgan fingerprint density at radius 1 is 1.12 bits per heavy atom. The number of aromatic nitrogens is 5. The molecule has 0 aliphatic carbocycles. The summed E-state index contributed by atoms with van der Waals surface area (Å²) in [5, 5.41) is 4.60.